The number of pyridine rings is 1. The fraction of sp³-hybridized carbons (Fsp3) is 0.455. The number of hydrogen-bond donors (Lipinski definition) is 1. The minimum Gasteiger partial charge on any atom is -0.508 e. The van der Waals surface area contributed by atoms with Crippen molar-refractivity contribution in [3.8, 4) is 5.75 Å². The van der Waals surface area contributed by atoms with Crippen molar-refractivity contribution in [3.05, 3.63) is 28.7 Å². The predicted molar refractivity (Wildman–Crippen MR) is 54.9 cm³/mol. The van der Waals surface area contributed by atoms with Crippen molar-refractivity contribution < 1.29 is 9.90 Å². The molecule has 15 heavy (non-hydrogen) atoms. The molecule has 1 aliphatic carbocycles. The molecule has 1 aromatic rings. The average molecular weight is 207 g/mol. The molecule has 1 heterocycles. The van der Waals surface area contributed by atoms with E-state index in [-0.39, 0.29) is 23.1 Å². The van der Waals surface area contributed by atoms with Crippen LogP contribution in [0.4, 0.5) is 0 Å². The summed E-state index contributed by atoms with van der Waals surface area (Å²) in [6.45, 7) is 0. The van der Waals surface area contributed by atoms with Crippen LogP contribution in [0.3, 0.4) is 0 Å². The molecule has 0 aromatic carbocycles. The molecule has 0 amide bonds. The van der Waals surface area contributed by atoms with Gasteiger partial charge < -0.3 is 9.67 Å². The Morgan fingerprint density at radius 3 is 2.53 bits per heavy atom. The van der Waals surface area contributed by atoms with Gasteiger partial charge in [0, 0.05) is 31.1 Å². The van der Waals surface area contributed by atoms with Crippen LogP contribution in [0.5, 0.6) is 5.75 Å². The van der Waals surface area contributed by atoms with Crippen molar-refractivity contribution in [2.45, 2.75) is 31.7 Å². The highest BCUT2D eigenvalue weighted by Crippen LogP contribution is 2.25. The minimum absolute atomic E-state index is 0.0110. The van der Waals surface area contributed by atoms with Crippen molar-refractivity contribution >= 4 is 5.78 Å². The van der Waals surface area contributed by atoms with Crippen LogP contribution in [0.25, 0.3) is 0 Å². The van der Waals surface area contributed by atoms with Gasteiger partial charge in [-0.1, -0.05) is 0 Å². The van der Waals surface area contributed by atoms with Gasteiger partial charge >= 0.3 is 0 Å². The number of carbonyl (C=O) groups excluding carboxylic acids is 1. The third kappa shape index (κ3) is 2.09. The third-order valence-corrected chi connectivity index (χ3v) is 2.84. The van der Waals surface area contributed by atoms with Crippen molar-refractivity contribution in [3.63, 3.8) is 0 Å². The lowest BCUT2D eigenvalue weighted by molar-refractivity contribution is -0.120. The zero-order chi connectivity index (χ0) is 10.8. The first-order valence-electron chi connectivity index (χ1n) is 5.09. The first kappa shape index (κ1) is 9.96. The van der Waals surface area contributed by atoms with Crippen LogP contribution >= 0.6 is 0 Å². The van der Waals surface area contributed by atoms with Gasteiger partial charge in [-0.2, -0.15) is 0 Å². The summed E-state index contributed by atoms with van der Waals surface area (Å²) < 4.78 is 1.60. The number of hydrogen-bond acceptors (Lipinski definition) is 3. The van der Waals surface area contributed by atoms with Gasteiger partial charge in [-0.3, -0.25) is 9.59 Å². The molecule has 0 bridgehead atoms. The van der Waals surface area contributed by atoms with Crippen LogP contribution in [-0.2, 0) is 4.79 Å². The second-order valence-electron chi connectivity index (χ2n) is 3.90. The maximum absolute atomic E-state index is 11.5. The number of aromatic nitrogens is 1. The Morgan fingerprint density at radius 1 is 1.27 bits per heavy atom. The molecule has 4 heteroatoms. The fourth-order valence-corrected chi connectivity index (χ4v) is 1.98. The van der Waals surface area contributed by atoms with E-state index in [0.29, 0.717) is 12.8 Å². The van der Waals surface area contributed by atoms with Crippen molar-refractivity contribution in [1.29, 1.82) is 0 Å². The van der Waals surface area contributed by atoms with Crippen LogP contribution in [0, 0.1) is 0 Å². The van der Waals surface area contributed by atoms with Gasteiger partial charge in [-0.15, -0.1) is 0 Å². The molecule has 0 atom stereocenters. The van der Waals surface area contributed by atoms with Crippen LogP contribution in [0.15, 0.2) is 23.1 Å². The van der Waals surface area contributed by atoms with Crippen molar-refractivity contribution in [1.82, 2.24) is 4.57 Å². The zero-order valence-electron chi connectivity index (χ0n) is 8.35. The van der Waals surface area contributed by atoms with E-state index in [1.54, 1.807) is 10.8 Å². The quantitative estimate of drug-likeness (QED) is 0.753. The summed E-state index contributed by atoms with van der Waals surface area (Å²) in [6, 6.07) is 2.81. The van der Waals surface area contributed by atoms with E-state index in [2.05, 4.69) is 0 Å². The Hall–Kier alpha value is -1.58. The number of nitrogens with zero attached hydrogens (tertiary/aromatic N) is 1. The van der Waals surface area contributed by atoms with E-state index >= 15 is 0 Å². The van der Waals surface area contributed by atoms with E-state index in [4.69, 9.17) is 5.11 Å². The molecular formula is C11H13NO3. The van der Waals surface area contributed by atoms with E-state index in [9.17, 15) is 9.59 Å². The third-order valence-electron chi connectivity index (χ3n) is 2.84. The van der Waals surface area contributed by atoms with Crippen LogP contribution in [-0.4, -0.2) is 15.5 Å². The molecule has 80 valence electrons. The SMILES string of the molecule is O=C1CCC(n2ccc(O)cc2=O)CC1. The fourth-order valence-electron chi connectivity index (χ4n) is 1.98. The van der Waals surface area contributed by atoms with E-state index in [0.717, 1.165) is 12.8 Å². The van der Waals surface area contributed by atoms with Crippen molar-refractivity contribution in [2.75, 3.05) is 0 Å². The number of Topliss-reactive ketones (excluding diaryl/α,β-unsaturated/α-hetero) is 1. The number of carbonyl (C=O) groups is 1. The molecule has 1 saturated carbocycles. The average Bonchev–Trinajstić information content (AvgIpc) is 2.20. The van der Waals surface area contributed by atoms with Crippen molar-refractivity contribution in [2.24, 2.45) is 0 Å². The number of ketones is 1. The molecule has 1 aliphatic rings. The van der Waals surface area contributed by atoms with Gasteiger partial charge in [0.15, 0.2) is 0 Å². The summed E-state index contributed by atoms with van der Waals surface area (Å²) in [5.41, 5.74) is -0.200. The highest BCUT2D eigenvalue weighted by Gasteiger charge is 2.20. The normalized spacial score (nSPS) is 18.0. The second kappa shape index (κ2) is 3.88. The first-order chi connectivity index (χ1) is 7.16. The molecule has 2 rings (SSSR count). The maximum atomic E-state index is 11.5. The Balaban J connectivity index is 2.23. The minimum atomic E-state index is -0.200. The maximum Gasteiger partial charge on any atom is 0.254 e. The highest BCUT2D eigenvalue weighted by molar-refractivity contribution is 5.79. The largest absolute Gasteiger partial charge is 0.508 e. The molecule has 0 radical (unpaired) electrons. The molecule has 0 unspecified atom stereocenters. The standard InChI is InChI=1S/C11H13NO3/c13-9-3-1-8(2-4-9)12-6-5-10(14)7-11(12)15/h5-8,14H,1-4H2. The monoisotopic (exact) mass is 207 g/mol. The summed E-state index contributed by atoms with van der Waals surface area (Å²) in [4.78, 5) is 22.6. The summed E-state index contributed by atoms with van der Waals surface area (Å²) >= 11 is 0. The summed E-state index contributed by atoms with van der Waals surface area (Å²) in [5.74, 6) is 0.265. The molecule has 1 N–H and O–H groups in total. The van der Waals surface area contributed by atoms with Crippen LogP contribution < -0.4 is 5.56 Å². The van der Waals surface area contributed by atoms with Gasteiger partial charge in [-0.05, 0) is 18.9 Å². The zero-order valence-corrected chi connectivity index (χ0v) is 8.35. The Kier molecular flexibility index (Phi) is 2.58. The summed E-state index contributed by atoms with van der Waals surface area (Å²) in [5, 5.41) is 9.11. The van der Waals surface area contributed by atoms with Gasteiger partial charge in [-0.25, -0.2) is 0 Å². The van der Waals surface area contributed by atoms with Crippen LogP contribution in [0.2, 0.25) is 0 Å². The van der Waals surface area contributed by atoms with Gasteiger partial charge in [0.2, 0.25) is 0 Å². The van der Waals surface area contributed by atoms with Gasteiger partial charge in [0.25, 0.3) is 5.56 Å². The molecule has 1 fully saturated rings. The number of aromatic hydroxyl groups is 1. The second-order valence-corrected chi connectivity index (χ2v) is 3.90. The Morgan fingerprint density at radius 2 is 1.93 bits per heavy atom. The smallest absolute Gasteiger partial charge is 0.254 e. The van der Waals surface area contributed by atoms with Gasteiger partial charge in [0.05, 0.1) is 0 Å². The van der Waals surface area contributed by atoms with E-state index in [1.165, 1.54) is 12.1 Å². The highest BCUT2D eigenvalue weighted by atomic mass is 16.3. The molecule has 0 spiro atoms. The Bertz CT molecular complexity index is 426. The lowest BCUT2D eigenvalue weighted by atomic mass is 9.94. The molecule has 0 aliphatic heterocycles. The summed E-state index contributed by atoms with van der Waals surface area (Å²) in [6.07, 6.45) is 4.15. The van der Waals surface area contributed by atoms with E-state index in [1.807, 2.05) is 0 Å². The molecule has 4 nitrogen and oxygen atoms in total. The molecule has 1 aromatic heterocycles. The van der Waals surface area contributed by atoms with E-state index < -0.39 is 0 Å². The molecule has 0 saturated heterocycles. The molecular weight excluding hydrogens is 194 g/mol. The lowest BCUT2D eigenvalue weighted by Gasteiger charge is -2.23. The summed E-state index contributed by atoms with van der Waals surface area (Å²) in [7, 11) is 0. The predicted octanol–water partition coefficient (Wildman–Crippen LogP) is 1.24. The first-order valence-corrected chi connectivity index (χ1v) is 5.09. The van der Waals surface area contributed by atoms with Crippen LogP contribution in [0.1, 0.15) is 31.7 Å². The lowest BCUT2D eigenvalue weighted by Crippen LogP contribution is -2.26. The number of rotatable bonds is 1. The Labute approximate surface area is 87.2 Å². The topological polar surface area (TPSA) is 59.3 Å². The van der Waals surface area contributed by atoms with Gasteiger partial charge in [0.1, 0.15) is 11.5 Å².